The monoisotopic (exact) mass is 415 g/mol. The fourth-order valence-corrected chi connectivity index (χ4v) is 4.05. The molecule has 1 heterocycles. The minimum atomic E-state index is -1.01. The Kier molecular flexibility index (Phi) is 6.61. The molecule has 0 aliphatic heterocycles. The van der Waals surface area contributed by atoms with Crippen LogP contribution in [0.3, 0.4) is 0 Å². The highest BCUT2D eigenvalue weighted by Crippen LogP contribution is 2.34. The predicted octanol–water partition coefficient (Wildman–Crippen LogP) is 4.93. The molecule has 0 radical (unpaired) electrons. The molecule has 0 aliphatic rings. The number of fused-ring (bicyclic) bond motifs is 1. The summed E-state index contributed by atoms with van der Waals surface area (Å²) in [7, 11) is 1.47. The maximum atomic E-state index is 14.3. The second kappa shape index (κ2) is 9.15. The number of benzene rings is 2. The van der Waals surface area contributed by atoms with Crippen LogP contribution in [0.2, 0.25) is 0 Å². The number of esters is 1. The van der Waals surface area contributed by atoms with Crippen molar-refractivity contribution in [3.8, 4) is 0 Å². The zero-order chi connectivity index (χ0) is 21.0. The molecule has 0 spiro atoms. The van der Waals surface area contributed by atoms with Crippen molar-refractivity contribution in [3.63, 3.8) is 0 Å². The number of aryl methyl sites for hydroxylation is 1. The summed E-state index contributed by atoms with van der Waals surface area (Å²) in [5, 5.41) is 3.07. The molecular weight excluding hydrogens is 393 g/mol. The van der Waals surface area contributed by atoms with Gasteiger partial charge in [0.25, 0.3) is 5.91 Å². The van der Waals surface area contributed by atoms with Crippen LogP contribution in [0.25, 0.3) is 10.1 Å². The summed E-state index contributed by atoms with van der Waals surface area (Å²) in [5.41, 5.74) is 2.21. The lowest BCUT2D eigenvalue weighted by Gasteiger charge is -2.14. The molecule has 0 fully saturated rings. The Labute approximate surface area is 172 Å². The molecule has 29 heavy (non-hydrogen) atoms. The lowest BCUT2D eigenvalue weighted by Crippen LogP contribution is -2.30. The first-order valence-electron chi connectivity index (χ1n) is 9.24. The molecule has 1 atom stereocenters. The number of anilines is 1. The van der Waals surface area contributed by atoms with Gasteiger partial charge in [-0.2, -0.15) is 0 Å². The normalized spacial score (nSPS) is 12.0. The molecule has 1 N–H and O–H groups in total. The van der Waals surface area contributed by atoms with Gasteiger partial charge in [-0.25, -0.2) is 9.18 Å². The molecule has 3 rings (SSSR count). The maximum Gasteiger partial charge on any atom is 0.349 e. The van der Waals surface area contributed by atoms with Crippen LogP contribution in [0.4, 0.5) is 10.1 Å². The van der Waals surface area contributed by atoms with Gasteiger partial charge in [0.1, 0.15) is 10.7 Å². The van der Waals surface area contributed by atoms with E-state index in [2.05, 4.69) is 5.32 Å². The molecular formula is C22H22FNO4S. The van der Waals surface area contributed by atoms with Gasteiger partial charge in [0.2, 0.25) is 0 Å². The Bertz CT molecular complexity index is 1030. The van der Waals surface area contributed by atoms with Crippen LogP contribution in [0.5, 0.6) is 0 Å². The van der Waals surface area contributed by atoms with Crippen molar-refractivity contribution >= 4 is 39.0 Å². The van der Waals surface area contributed by atoms with E-state index in [1.807, 2.05) is 19.1 Å². The summed E-state index contributed by atoms with van der Waals surface area (Å²) in [5.74, 6) is -1.55. The number of carbonyl (C=O) groups is 2. The number of methoxy groups -OCH3 is 1. The van der Waals surface area contributed by atoms with Gasteiger partial charge >= 0.3 is 5.97 Å². The van der Waals surface area contributed by atoms with Gasteiger partial charge in [-0.1, -0.05) is 25.1 Å². The molecule has 0 saturated carbocycles. The molecule has 1 amide bonds. The van der Waals surface area contributed by atoms with Gasteiger partial charge in [-0.15, -0.1) is 11.3 Å². The van der Waals surface area contributed by atoms with Gasteiger partial charge in [-0.05, 0) is 43.2 Å². The number of hydrogen-bond donors (Lipinski definition) is 1. The average Bonchev–Trinajstić information content (AvgIpc) is 3.08. The molecule has 5 nitrogen and oxygen atoms in total. The smallest absolute Gasteiger partial charge is 0.349 e. The van der Waals surface area contributed by atoms with Crippen LogP contribution < -0.4 is 5.32 Å². The van der Waals surface area contributed by atoms with E-state index >= 15 is 0 Å². The molecule has 0 saturated heterocycles. The highest BCUT2D eigenvalue weighted by Gasteiger charge is 2.25. The number of hydrogen-bond acceptors (Lipinski definition) is 5. The molecule has 2 aromatic carbocycles. The van der Waals surface area contributed by atoms with Crippen molar-refractivity contribution in [2.75, 3.05) is 12.4 Å². The standard InChI is InChI=1S/C22H22FNO4S/c1-4-14-8-10-15(11-9-14)24-21(25)13(2)28-22(26)20-16(12-27-3)19-17(23)6-5-7-18(19)29-20/h5-11,13H,4,12H2,1-3H3,(H,24,25)/t13-/m1/s1. The van der Waals surface area contributed by atoms with Crippen LogP contribution in [0.15, 0.2) is 42.5 Å². The van der Waals surface area contributed by atoms with Crippen LogP contribution in [0, 0.1) is 5.82 Å². The van der Waals surface area contributed by atoms with Crippen molar-refractivity contribution in [2.45, 2.75) is 33.0 Å². The summed E-state index contributed by atoms with van der Waals surface area (Å²) >= 11 is 1.12. The topological polar surface area (TPSA) is 64.6 Å². The highest BCUT2D eigenvalue weighted by molar-refractivity contribution is 7.21. The Morgan fingerprint density at radius 1 is 1.17 bits per heavy atom. The van der Waals surface area contributed by atoms with E-state index in [-0.39, 0.29) is 11.5 Å². The fraction of sp³-hybridized carbons (Fsp3) is 0.273. The Morgan fingerprint density at radius 3 is 2.55 bits per heavy atom. The van der Waals surface area contributed by atoms with Crippen molar-refractivity contribution < 1.29 is 23.5 Å². The second-order valence-electron chi connectivity index (χ2n) is 6.54. The zero-order valence-corrected chi connectivity index (χ0v) is 17.3. The van der Waals surface area contributed by atoms with Crippen LogP contribution in [0.1, 0.15) is 34.6 Å². The summed E-state index contributed by atoms with van der Waals surface area (Å²) in [6, 6.07) is 12.1. The molecule has 3 aromatic rings. The number of nitrogens with one attached hydrogen (secondary N) is 1. The molecule has 1 aromatic heterocycles. The lowest BCUT2D eigenvalue weighted by molar-refractivity contribution is -0.123. The minimum Gasteiger partial charge on any atom is -0.448 e. The quantitative estimate of drug-likeness (QED) is 0.556. The number of rotatable bonds is 7. The molecule has 0 bridgehead atoms. The minimum absolute atomic E-state index is 0.0652. The van der Waals surface area contributed by atoms with E-state index in [1.165, 1.54) is 20.1 Å². The van der Waals surface area contributed by atoms with E-state index in [1.54, 1.807) is 24.3 Å². The maximum absolute atomic E-state index is 14.3. The summed E-state index contributed by atoms with van der Waals surface area (Å²) in [6.45, 7) is 3.61. The van der Waals surface area contributed by atoms with E-state index in [9.17, 15) is 14.0 Å². The fourth-order valence-electron chi connectivity index (χ4n) is 2.95. The number of carbonyl (C=O) groups excluding carboxylic acids is 2. The Hall–Kier alpha value is -2.77. The first kappa shape index (κ1) is 21.0. The average molecular weight is 415 g/mol. The van der Waals surface area contributed by atoms with E-state index in [0.717, 1.165) is 23.3 Å². The van der Waals surface area contributed by atoms with Crippen molar-refractivity contribution in [1.82, 2.24) is 0 Å². The van der Waals surface area contributed by atoms with Gasteiger partial charge in [0.15, 0.2) is 6.10 Å². The number of thiophene rings is 1. The lowest BCUT2D eigenvalue weighted by atomic mass is 10.1. The van der Waals surface area contributed by atoms with Gasteiger partial charge in [-0.3, -0.25) is 4.79 Å². The largest absolute Gasteiger partial charge is 0.448 e. The summed E-state index contributed by atoms with van der Waals surface area (Å²) in [6.07, 6.45) is -0.110. The SMILES string of the molecule is CCc1ccc(NC(=O)[C@@H](C)OC(=O)c2sc3cccc(F)c3c2COC)cc1. The predicted molar refractivity (Wildman–Crippen MR) is 112 cm³/mol. The van der Waals surface area contributed by atoms with Crippen molar-refractivity contribution in [1.29, 1.82) is 0 Å². The third kappa shape index (κ3) is 4.63. The molecule has 152 valence electrons. The van der Waals surface area contributed by atoms with E-state index < -0.39 is 23.8 Å². The highest BCUT2D eigenvalue weighted by atomic mass is 32.1. The molecule has 7 heteroatoms. The Balaban J connectivity index is 1.75. The van der Waals surface area contributed by atoms with Crippen molar-refractivity contribution in [3.05, 3.63) is 64.3 Å². The number of ether oxygens (including phenoxy) is 2. The van der Waals surface area contributed by atoms with E-state index in [4.69, 9.17) is 9.47 Å². The Morgan fingerprint density at radius 2 is 1.90 bits per heavy atom. The van der Waals surface area contributed by atoms with Crippen molar-refractivity contribution in [2.24, 2.45) is 0 Å². The van der Waals surface area contributed by atoms with Gasteiger partial charge in [0, 0.05) is 28.4 Å². The van der Waals surface area contributed by atoms with Gasteiger partial charge in [0.05, 0.1) is 6.61 Å². The van der Waals surface area contributed by atoms with E-state index in [0.29, 0.717) is 21.3 Å². The molecule has 0 aliphatic carbocycles. The van der Waals surface area contributed by atoms with Gasteiger partial charge < -0.3 is 14.8 Å². The second-order valence-corrected chi connectivity index (χ2v) is 7.60. The summed E-state index contributed by atoms with van der Waals surface area (Å²) < 4.78 is 25.4. The first-order chi connectivity index (χ1) is 13.9. The third-order valence-electron chi connectivity index (χ3n) is 4.52. The third-order valence-corrected chi connectivity index (χ3v) is 5.70. The summed E-state index contributed by atoms with van der Waals surface area (Å²) in [4.78, 5) is 25.3. The number of amides is 1. The number of halogens is 1. The van der Waals surface area contributed by atoms with Crippen LogP contribution in [-0.4, -0.2) is 25.1 Å². The first-order valence-corrected chi connectivity index (χ1v) is 10.1. The van der Waals surface area contributed by atoms with Crippen LogP contribution >= 0.6 is 11.3 Å². The molecule has 0 unspecified atom stereocenters. The van der Waals surface area contributed by atoms with Crippen LogP contribution in [-0.2, 0) is 27.3 Å². The zero-order valence-electron chi connectivity index (χ0n) is 16.5.